The van der Waals surface area contributed by atoms with Gasteiger partial charge in [-0.1, -0.05) is 26.7 Å². The Kier molecular flexibility index (Phi) is 8.37. The third-order valence-electron chi connectivity index (χ3n) is 3.22. The summed E-state index contributed by atoms with van der Waals surface area (Å²) in [6.45, 7) is 13.1. The minimum absolute atomic E-state index is 0.148. The van der Waals surface area contributed by atoms with Crippen molar-refractivity contribution in [2.24, 2.45) is 5.92 Å². The van der Waals surface area contributed by atoms with Gasteiger partial charge in [0, 0.05) is 0 Å². The first-order valence-electron chi connectivity index (χ1n) is 7.79. The van der Waals surface area contributed by atoms with Gasteiger partial charge in [-0.3, -0.25) is 0 Å². The van der Waals surface area contributed by atoms with Crippen LogP contribution in [0.25, 0.3) is 0 Å². The Balaban J connectivity index is 4.24. The largest absolute Gasteiger partial charge is 0.461 e. The second kappa shape index (κ2) is 8.90. The summed E-state index contributed by atoms with van der Waals surface area (Å²) in [6, 6.07) is -0.719. The van der Waals surface area contributed by atoms with E-state index in [4.69, 9.17) is 9.47 Å². The summed E-state index contributed by atoms with van der Waals surface area (Å²) < 4.78 is 10.5. The minimum atomic E-state index is -0.719. The predicted octanol–water partition coefficient (Wildman–Crippen LogP) is 3.66. The van der Waals surface area contributed by atoms with Crippen LogP contribution >= 0.6 is 0 Å². The minimum Gasteiger partial charge on any atom is -0.461 e. The van der Waals surface area contributed by atoms with E-state index in [0.717, 1.165) is 19.3 Å². The molecular formula is C16H31NO4. The molecule has 0 radical (unpaired) electrons. The number of nitrogens with one attached hydrogen (secondary N) is 1. The molecule has 0 saturated heterocycles. The first-order valence-corrected chi connectivity index (χ1v) is 7.79. The lowest BCUT2D eigenvalue weighted by Gasteiger charge is -2.23. The van der Waals surface area contributed by atoms with Crippen LogP contribution in [0.3, 0.4) is 0 Å². The number of alkyl carbamates (subject to hydrolysis) is 1. The molecule has 0 spiro atoms. The third kappa shape index (κ3) is 9.32. The molecule has 0 rings (SSSR count). The summed E-state index contributed by atoms with van der Waals surface area (Å²) in [5.41, 5.74) is -0.587. The molecule has 0 aliphatic carbocycles. The fraction of sp³-hybridized carbons (Fsp3) is 0.875. The second-order valence-electron chi connectivity index (χ2n) is 6.53. The Morgan fingerprint density at radius 3 is 2.05 bits per heavy atom. The number of ether oxygens (including phenoxy) is 2. The van der Waals surface area contributed by atoms with E-state index in [0.29, 0.717) is 5.92 Å². The topological polar surface area (TPSA) is 64.6 Å². The Bertz CT molecular complexity index is 332. The van der Waals surface area contributed by atoms with Crippen LogP contribution in [-0.2, 0) is 14.3 Å². The lowest BCUT2D eigenvalue weighted by Crippen LogP contribution is -2.43. The van der Waals surface area contributed by atoms with Crippen molar-refractivity contribution >= 4 is 12.1 Å². The van der Waals surface area contributed by atoms with E-state index in [1.54, 1.807) is 27.7 Å². The number of rotatable bonds is 7. The lowest BCUT2D eigenvalue weighted by molar-refractivity contribution is -0.151. The maximum absolute atomic E-state index is 11.9. The van der Waals surface area contributed by atoms with Crippen LogP contribution in [0.15, 0.2) is 0 Å². The summed E-state index contributed by atoms with van der Waals surface area (Å²) in [5.74, 6) is 0.126. The number of amides is 1. The fourth-order valence-electron chi connectivity index (χ4n) is 1.98. The molecule has 0 aromatic rings. The summed E-state index contributed by atoms with van der Waals surface area (Å²) in [7, 11) is 0. The Hall–Kier alpha value is -1.26. The van der Waals surface area contributed by atoms with Gasteiger partial charge in [-0.15, -0.1) is 0 Å². The molecule has 0 aliphatic rings. The molecule has 0 heterocycles. The maximum atomic E-state index is 11.9. The van der Waals surface area contributed by atoms with Crippen molar-refractivity contribution in [2.75, 3.05) is 0 Å². The molecule has 0 aromatic carbocycles. The van der Waals surface area contributed by atoms with Crippen LogP contribution in [0.2, 0.25) is 0 Å². The zero-order valence-corrected chi connectivity index (χ0v) is 14.5. The van der Waals surface area contributed by atoms with Gasteiger partial charge < -0.3 is 14.8 Å². The number of hydrogen-bond acceptors (Lipinski definition) is 4. The van der Waals surface area contributed by atoms with Crippen LogP contribution in [0, 0.1) is 5.92 Å². The molecule has 5 heteroatoms. The maximum Gasteiger partial charge on any atom is 0.408 e. The van der Waals surface area contributed by atoms with Gasteiger partial charge in [0.1, 0.15) is 11.6 Å². The van der Waals surface area contributed by atoms with Gasteiger partial charge >= 0.3 is 12.1 Å². The van der Waals surface area contributed by atoms with Gasteiger partial charge in [0.05, 0.1) is 6.10 Å². The van der Waals surface area contributed by atoms with Crippen molar-refractivity contribution in [3.05, 3.63) is 0 Å². The van der Waals surface area contributed by atoms with E-state index in [1.165, 1.54) is 0 Å². The van der Waals surface area contributed by atoms with Crippen LogP contribution in [0.4, 0.5) is 4.79 Å². The smallest absolute Gasteiger partial charge is 0.408 e. The van der Waals surface area contributed by atoms with Crippen molar-refractivity contribution in [1.82, 2.24) is 5.32 Å². The number of carbonyl (C=O) groups excluding carboxylic acids is 2. The molecule has 0 saturated carbocycles. The van der Waals surface area contributed by atoms with Crippen molar-refractivity contribution in [3.63, 3.8) is 0 Å². The normalized spacial score (nSPS) is 14.5. The number of hydrogen-bond donors (Lipinski definition) is 1. The van der Waals surface area contributed by atoms with Crippen molar-refractivity contribution < 1.29 is 19.1 Å². The predicted molar refractivity (Wildman–Crippen MR) is 83.1 cm³/mol. The van der Waals surface area contributed by atoms with Gasteiger partial charge in [0.25, 0.3) is 0 Å². The molecule has 1 N–H and O–H groups in total. The number of carbonyl (C=O) groups is 2. The monoisotopic (exact) mass is 301 g/mol. The van der Waals surface area contributed by atoms with Crippen LogP contribution < -0.4 is 5.32 Å². The molecule has 1 amide bonds. The molecule has 0 bridgehead atoms. The van der Waals surface area contributed by atoms with E-state index in [2.05, 4.69) is 19.2 Å². The zero-order chi connectivity index (χ0) is 16.6. The van der Waals surface area contributed by atoms with Gasteiger partial charge in [-0.25, -0.2) is 9.59 Å². The second-order valence-corrected chi connectivity index (χ2v) is 6.53. The van der Waals surface area contributed by atoms with Crippen molar-refractivity contribution in [1.29, 1.82) is 0 Å². The highest BCUT2D eigenvalue weighted by atomic mass is 16.6. The highest BCUT2D eigenvalue weighted by Crippen LogP contribution is 2.17. The summed E-state index contributed by atoms with van der Waals surface area (Å²) in [6.07, 6.45) is 2.23. The van der Waals surface area contributed by atoms with E-state index in [1.807, 2.05) is 6.92 Å². The van der Waals surface area contributed by atoms with Crippen LogP contribution in [0.5, 0.6) is 0 Å². The van der Waals surface area contributed by atoms with Gasteiger partial charge in [-0.05, 0) is 47.0 Å². The highest BCUT2D eigenvalue weighted by molar-refractivity contribution is 5.81. The highest BCUT2D eigenvalue weighted by Gasteiger charge is 2.23. The average molecular weight is 301 g/mol. The van der Waals surface area contributed by atoms with Gasteiger partial charge in [0.15, 0.2) is 0 Å². The summed E-state index contributed by atoms with van der Waals surface area (Å²) in [5, 5.41) is 2.49. The molecule has 2 atom stereocenters. The standard InChI is InChI=1S/C16H31NO4/c1-8-13(9-2)10-11(3)20-14(18)12(4)17-15(19)21-16(5,6)7/h11-13H,8-10H2,1-7H3,(H,17,19). The van der Waals surface area contributed by atoms with E-state index >= 15 is 0 Å². The fourth-order valence-corrected chi connectivity index (χ4v) is 1.98. The molecule has 0 fully saturated rings. The lowest BCUT2D eigenvalue weighted by atomic mass is 9.97. The van der Waals surface area contributed by atoms with Gasteiger partial charge in [0.2, 0.25) is 0 Å². The zero-order valence-electron chi connectivity index (χ0n) is 14.5. The van der Waals surface area contributed by atoms with E-state index in [9.17, 15) is 9.59 Å². The third-order valence-corrected chi connectivity index (χ3v) is 3.22. The molecule has 2 unspecified atom stereocenters. The summed E-state index contributed by atoms with van der Waals surface area (Å²) >= 11 is 0. The molecule has 0 aromatic heterocycles. The number of esters is 1. The first kappa shape index (κ1) is 19.7. The Morgan fingerprint density at radius 1 is 1.10 bits per heavy atom. The SMILES string of the molecule is CCC(CC)CC(C)OC(=O)C(C)NC(=O)OC(C)(C)C. The van der Waals surface area contributed by atoms with Crippen molar-refractivity contribution in [3.8, 4) is 0 Å². The van der Waals surface area contributed by atoms with Crippen molar-refractivity contribution in [2.45, 2.75) is 85.5 Å². The summed E-state index contributed by atoms with van der Waals surface area (Å²) in [4.78, 5) is 23.5. The quantitative estimate of drug-likeness (QED) is 0.729. The average Bonchev–Trinajstić information content (AvgIpc) is 2.33. The Labute approximate surface area is 128 Å². The van der Waals surface area contributed by atoms with E-state index in [-0.39, 0.29) is 6.10 Å². The molecule has 124 valence electrons. The van der Waals surface area contributed by atoms with Crippen LogP contribution in [-0.4, -0.2) is 29.8 Å². The molecular weight excluding hydrogens is 270 g/mol. The van der Waals surface area contributed by atoms with Gasteiger partial charge in [-0.2, -0.15) is 0 Å². The Morgan fingerprint density at radius 2 is 1.62 bits per heavy atom. The van der Waals surface area contributed by atoms with E-state index < -0.39 is 23.7 Å². The first-order chi connectivity index (χ1) is 9.58. The van der Waals surface area contributed by atoms with Crippen LogP contribution in [0.1, 0.15) is 67.7 Å². The molecule has 21 heavy (non-hydrogen) atoms. The molecule has 0 aliphatic heterocycles. The molecule has 5 nitrogen and oxygen atoms in total.